The number of rotatable bonds is 7. The van der Waals surface area contributed by atoms with E-state index in [1.54, 1.807) is 29.2 Å². The van der Waals surface area contributed by atoms with Crippen molar-refractivity contribution in [3.05, 3.63) is 62.7 Å². The number of carbonyl (C=O) groups excluding carboxylic acids is 1. The van der Waals surface area contributed by atoms with Gasteiger partial charge in [0, 0.05) is 25.6 Å². The van der Waals surface area contributed by atoms with Gasteiger partial charge in [0.1, 0.15) is 11.5 Å². The number of anilines is 1. The molecule has 0 aliphatic carbocycles. The van der Waals surface area contributed by atoms with Gasteiger partial charge in [-0.15, -0.1) is 0 Å². The summed E-state index contributed by atoms with van der Waals surface area (Å²) in [6, 6.07) is 13.1. The highest BCUT2D eigenvalue weighted by Gasteiger charge is 2.36. The zero-order valence-corrected chi connectivity index (χ0v) is 19.4. The summed E-state index contributed by atoms with van der Waals surface area (Å²) in [5.74, 6) is 0.266. The summed E-state index contributed by atoms with van der Waals surface area (Å²) in [6.07, 6.45) is -0.0541. The van der Waals surface area contributed by atoms with E-state index in [1.165, 1.54) is 0 Å². The van der Waals surface area contributed by atoms with E-state index in [0.717, 1.165) is 19.9 Å². The SMILES string of the molecule is CCOc1c2c(c(OCC)c3cc(I)ccc13)C(=O)N(c1ccc(CC(=O)O)cc1)C2. The summed E-state index contributed by atoms with van der Waals surface area (Å²) in [6.45, 7) is 5.12. The third-order valence-electron chi connectivity index (χ3n) is 5.23. The number of benzene rings is 3. The molecule has 1 heterocycles. The second-order valence-electron chi connectivity index (χ2n) is 7.20. The minimum atomic E-state index is -0.888. The molecule has 3 aromatic rings. The van der Waals surface area contributed by atoms with Crippen LogP contribution in [0.15, 0.2) is 42.5 Å². The molecule has 31 heavy (non-hydrogen) atoms. The molecule has 0 aromatic heterocycles. The molecule has 0 atom stereocenters. The Kier molecular flexibility index (Phi) is 6.04. The van der Waals surface area contributed by atoms with Crippen molar-refractivity contribution < 1.29 is 24.2 Å². The standard InChI is InChI=1S/C24H22INO5/c1-3-30-22-17-10-7-15(25)12-18(17)23(31-4-2)21-19(22)13-26(24(21)29)16-8-5-14(6-9-16)11-20(27)28/h5-10,12H,3-4,11,13H2,1-2H3,(H,27,28). The van der Waals surface area contributed by atoms with Crippen LogP contribution in [-0.4, -0.2) is 30.2 Å². The normalized spacial score (nSPS) is 12.9. The van der Waals surface area contributed by atoms with E-state index in [0.29, 0.717) is 48.1 Å². The summed E-state index contributed by atoms with van der Waals surface area (Å²) >= 11 is 2.25. The molecule has 0 radical (unpaired) electrons. The number of halogens is 1. The third-order valence-corrected chi connectivity index (χ3v) is 5.90. The van der Waals surface area contributed by atoms with Crippen molar-refractivity contribution in [3.63, 3.8) is 0 Å². The maximum absolute atomic E-state index is 13.5. The first-order valence-corrected chi connectivity index (χ1v) is 11.2. The van der Waals surface area contributed by atoms with Crippen LogP contribution in [0, 0.1) is 3.57 Å². The number of nitrogens with zero attached hydrogens (tertiary/aromatic N) is 1. The zero-order valence-electron chi connectivity index (χ0n) is 17.3. The average molecular weight is 531 g/mol. The number of carbonyl (C=O) groups is 2. The smallest absolute Gasteiger partial charge is 0.307 e. The molecule has 160 valence electrons. The number of hydrogen-bond acceptors (Lipinski definition) is 4. The van der Waals surface area contributed by atoms with Crippen LogP contribution in [0.1, 0.15) is 35.3 Å². The molecule has 0 fully saturated rings. The average Bonchev–Trinajstić information content (AvgIpc) is 3.08. The van der Waals surface area contributed by atoms with Crippen molar-refractivity contribution in [2.75, 3.05) is 18.1 Å². The monoisotopic (exact) mass is 531 g/mol. The van der Waals surface area contributed by atoms with Gasteiger partial charge in [-0.1, -0.05) is 12.1 Å². The number of carboxylic acid groups (broad SMARTS) is 1. The van der Waals surface area contributed by atoms with Gasteiger partial charge in [0.2, 0.25) is 0 Å². The molecule has 3 aromatic carbocycles. The Morgan fingerprint density at radius 3 is 2.35 bits per heavy atom. The molecular weight excluding hydrogens is 509 g/mol. The number of ether oxygens (including phenoxy) is 2. The lowest BCUT2D eigenvalue weighted by molar-refractivity contribution is -0.136. The largest absolute Gasteiger partial charge is 0.493 e. The summed E-state index contributed by atoms with van der Waals surface area (Å²) in [5.41, 5.74) is 2.75. The van der Waals surface area contributed by atoms with Gasteiger partial charge >= 0.3 is 5.97 Å². The lowest BCUT2D eigenvalue weighted by atomic mass is 9.99. The Bertz CT molecular complexity index is 1170. The van der Waals surface area contributed by atoms with Crippen LogP contribution in [-0.2, 0) is 17.8 Å². The van der Waals surface area contributed by atoms with Gasteiger partial charge < -0.3 is 19.5 Å². The summed E-state index contributed by atoms with van der Waals surface area (Å²) in [7, 11) is 0. The van der Waals surface area contributed by atoms with E-state index in [9.17, 15) is 9.59 Å². The van der Waals surface area contributed by atoms with Crippen LogP contribution < -0.4 is 14.4 Å². The van der Waals surface area contributed by atoms with Crippen molar-refractivity contribution in [2.45, 2.75) is 26.8 Å². The number of amides is 1. The topological polar surface area (TPSA) is 76.1 Å². The predicted octanol–water partition coefficient (Wildman–Crippen LogP) is 5.03. The number of carboxylic acids is 1. The summed E-state index contributed by atoms with van der Waals surface area (Å²) in [5, 5.41) is 10.8. The van der Waals surface area contributed by atoms with Gasteiger partial charge in [0.25, 0.3) is 5.91 Å². The molecule has 0 spiro atoms. The Morgan fingerprint density at radius 2 is 1.71 bits per heavy atom. The maximum atomic E-state index is 13.5. The summed E-state index contributed by atoms with van der Waals surface area (Å²) in [4.78, 5) is 26.2. The van der Waals surface area contributed by atoms with Crippen molar-refractivity contribution in [2.24, 2.45) is 0 Å². The van der Waals surface area contributed by atoms with E-state index < -0.39 is 5.97 Å². The first-order valence-electron chi connectivity index (χ1n) is 10.1. The van der Waals surface area contributed by atoms with E-state index in [1.807, 2.05) is 32.0 Å². The fourth-order valence-electron chi connectivity index (χ4n) is 3.97. The van der Waals surface area contributed by atoms with E-state index in [2.05, 4.69) is 22.6 Å². The molecule has 7 heteroatoms. The zero-order chi connectivity index (χ0) is 22.1. The molecule has 1 aliphatic heterocycles. The predicted molar refractivity (Wildman–Crippen MR) is 127 cm³/mol. The number of aliphatic carboxylic acids is 1. The van der Waals surface area contributed by atoms with Crippen LogP contribution in [0.2, 0.25) is 0 Å². The van der Waals surface area contributed by atoms with Crippen molar-refractivity contribution in [1.29, 1.82) is 0 Å². The summed E-state index contributed by atoms with van der Waals surface area (Å²) < 4.78 is 13.1. The fraction of sp³-hybridized carbons (Fsp3) is 0.250. The van der Waals surface area contributed by atoms with Crippen LogP contribution in [0.4, 0.5) is 5.69 Å². The number of fused-ring (bicyclic) bond motifs is 2. The van der Waals surface area contributed by atoms with Crippen molar-refractivity contribution in [3.8, 4) is 11.5 Å². The van der Waals surface area contributed by atoms with Gasteiger partial charge in [0.05, 0.1) is 31.7 Å². The Balaban J connectivity index is 1.85. The number of hydrogen-bond donors (Lipinski definition) is 1. The molecule has 1 amide bonds. The van der Waals surface area contributed by atoms with E-state index >= 15 is 0 Å². The van der Waals surface area contributed by atoms with Crippen LogP contribution >= 0.6 is 22.6 Å². The molecule has 0 bridgehead atoms. The highest BCUT2D eigenvalue weighted by atomic mass is 127. The Morgan fingerprint density at radius 1 is 1.03 bits per heavy atom. The maximum Gasteiger partial charge on any atom is 0.307 e. The van der Waals surface area contributed by atoms with Crippen LogP contribution in [0.25, 0.3) is 10.8 Å². The molecule has 6 nitrogen and oxygen atoms in total. The first-order chi connectivity index (χ1) is 14.9. The lowest BCUT2D eigenvalue weighted by Crippen LogP contribution is -2.23. The molecule has 1 aliphatic rings. The van der Waals surface area contributed by atoms with Gasteiger partial charge in [-0.2, -0.15) is 0 Å². The molecule has 0 unspecified atom stereocenters. The first kappa shape index (κ1) is 21.4. The Hall–Kier alpha value is -2.81. The van der Waals surface area contributed by atoms with Gasteiger partial charge in [-0.25, -0.2) is 0 Å². The van der Waals surface area contributed by atoms with Crippen molar-refractivity contribution >= 4 is 50.9 Å². The Labute approximate surface area is 193 Å². The lowest BCUT2D eigenvalue weighted by Gasteiger charge is -2.17. The van der Waals surface area contributed by atoms with E-state index in [-0.39, 0.29) is 12.3 Å². The van der Waals surface area contributed by atoms with Gasteiger partial charge in [0.15, 0.2) is 0 Å². The van der Waals surface area contributed by atoms with Crippen LogP contribution in [0.5, 0.6) is 11.5 Å². The minimum Gasteiger partial charge on any atom is -0.493 e. The highest BCUT2D eigenvalue weighted by molar-refractivity contribution is 14.1. The second-order valence-corrected chi connectivity index (χ2v) is 8.44. The molecular formula is C24H22INO5. The van der Waals surface area contributed by atoms with E-state index in [4.69, 9.17) is 14.6 Å². The van der Waals surface area contributed by atoms with Crippen molar-refractivity contribution in [1.82, 2.24) is 0 Å². The third kappa shape index (κ3) is 3.94. The molecule has 4 rings (SSSR count). The molecule has 0 saturated heterocycles. The van der Waals surface area contributed by atoms with Gasteiger partial charge in [-0.05, 0) is 72.3 Å². The second kappa shape index (κ2) is 8.74. The highest BCUT2D eigenvalue weighted by Crippen LogP contribution is 2.46. The minimum absolute atomic E-state index is 0.0541. The molecule has 0 saturated carbocycles. The van der Waals surface area contributed by atoms with Gasteiger partial charge in [-0.3, -0.25) is 9.59 Å². The fourth-order valence-corrected chi connectivity index (χ4v) is 4.46. The quantitative estimate of drug-likeness (QED) is 0.433. The molecule has 1 N–H and O–H groups in total. The van der Waals surface area contributed by atoms with Crippen LogP contribution in [0.3, 0.4) is 0 Å².